The van der Waals surface area contributed by atoms with Gasteiger partial charge in [0.1, 0.15) is 5.58 Å². The normalized spacial score (nSPS) is 10.2. The Bertz CT molecular complexity index is 492. The van der Waals surface area contributed by atoms with Gasteiger partial charge in [0, 0.05) is 5.39 Å². The molecular weight excluding hydrogens is 173 g/mol. The summed E-state index contributed by atoms with van der Waals surface area (Å²) in [5.41, 5.74) is 0.843. The predicted molar refractivity (Wildman–Crippen MR) is 47.2 cm³/mol. The number of fused-ring (bicyclic) bond motifs is 1. The minimum atomic E-state index is -0.707. The molecule has 0 saturated heterocycles. The van der Waals surface area contributed by atoms with Crippen LogP contribution in [0.3, 0.4) is 0 Å². The maximum atomic E-state index is 12.0. The van der Waals surface area contributed by atoms with Gasteiger partial charge < -0.3 is 4.42 Å². The van der Waals surface area contributed by atoms with Crippen molar-refractivity contribution in [3.63, 3.8) is 0 Å². The van der Waals surface area contributed by atoms with E-state index in [0.29, 0.717) is 11.0 Å². The van der Waals surface area contributed by atoms with E-state index in [9.17, 15) is 9.28 Å². The summed E-state index contributed by atoms with van der Waals surface area (Å²) in [5.74, 6) is 0. The Morgan fingerprint density at radius 2 is 2.08 bits per heavy atom. The Hall–Kier alpha value is -1.84. The standard InChI is InChI=1S/C9H6FNO2/c10-11-7-5-6-3-1-2-4-8(6)13-9(7)12/h1-5,11H. The lowest BCUT2D eigenvalue weighted by molar-refractivity contribution is 0.546. The third kappa shape index (κ3) is 1.26. The molecule has 4 heteroatoms. The van der Waals surface area contributed by atoms with Crippen LogP contribution in [-0.2, 0) is 0 Å². The van der Waals surface area contributed by atoms with E-state index >= 15 is 0 Å². The maximum absolute atomic E-state index is 12.0. The van der Waals surface area contributed by atoms with Gasteiger partial charge in [-0.3, -0.25) is 0 Å². The molecule has 0 aliphatic carbocycles. The molecule has 0 fully saturated rings. The lowest BCUT2D eigenvalue weighted by atomic mass is 10.2. The largest absolute Gasteiger partial charge is 0.421 e. The van der Waals surface area contributed by atoms with Gasteiger partial charge in [0.2, 0.25) is 0 Å². The molecule has 0 saturated carbocycles. The molecule has 66 valence electrons. The van der Waals surface area contributed by atoms with Gasteiger partial charge in [0.25, 0.3) is 0 Å². The summed E-state index contributed by atoms with van der Waals surface area (Å²) in [6.07, 6.45) is 0. The van der Waals surface area contributed by atoms with Crippen LogP contribution in [0, 0.1) is 0 Å². The molecule has 0 aliphatic heterocycles. The summed E-state index contributed by atoms with van der Waals surface area (Å²) in [5, 5.41) is 0.683. The minimum absolute atomic E-state index is 0.182. The van der Waals surface area contributed by atoms with Gasteiger partial charge in [-0.2, -0.15) is 0 Å². The highest BCUT2D eigenvalue weighted by molar-refractivity contribution is 5.79. The van der Waals surface area contributed by atoms with E-state index in [4.69, 9.17) is 4.42 Å². The lowest BCUT2D eigenvalue weighted by Gasteiger charge is -1.97. The molecule has 1 aromatic carbocycles. The average molecular weight is 179 g/mol. The highest BCUT2D eigenvalue weighted by atomic mass is 19.2. The van der Waals surface area contributed by atoms with Crippen LogP contribution in [0.25, 0.3) is 11.0 Å². The summed E-state index contributed by atoms with van der Waals surface area (Å²) < 4.78 is 16.8. The topological polar surface area (TPSA) is 42.2 Å². The molecule has 2 aromatic rings. The molecule has 3 nitrogen and oxygen atoms in total. The molecule has 2 rings (SSSR count). The van der Waals surface area contributed by atoms with E-state index < -0.39 is 5.63 Å². The van der Waals surface area contributed by atoms with Crippen LogP contribution < -0.4 is 11.2 Å². The zero-order valence-electron chi connectivity index (χ0n) is 6.58. The second kappa shape index (κ2) is 2.90. The van der Waals surface area contributed by atoms with Crippen molar-refractivity contribution in [1.29, 1.82) is 0 Å². The maximum Gasteiger partial charge on any atom is 0.362 e. The molecule has 0 spiro atoms. The Labute approximate surface area is 72.7 Å². The molecule has 13 heavy (non-hydrogen) atoms. The van der Waals surface area contributed by atoms with Crippen molar-refractivity contribution in [3.05, 3.63) is 40.8 Å². The highest BCUT2D eigenvalue weighted by Crippen LogP contribution is 2.14. The molecular formula is C9H6FNO2. The molecule has 0 bridgehead atoms. The number of hydrogen-bond acceptors (Lipinski definition) is 3. The second-order valence-electron chi connectivity index (χ2n) is 2.58. The first kappa shape index (κ1) is 7.79. The number of anilines is 1. The van der Waals surface area contributed by atoms with E-state index in [-0.39, 0.29) is 5.69 Å². The number of para-hydroxylation sites is 1. The molecule has 0 atom stereocenters. The number of benzene rings is 1. The van der Waals surface area contributed by atoms with E-state index in [0.717, 1.165) is 0 Å². The summed E-state index contributed by atoms with van der Waals surface area (Å²) >= 11 is 0. The lowest BCUT2D eigenvalue weighted by Crippen LogP contribution is -2.03. The molecule has 1 heterocycles. The van der Waals surface area contributed by atoms with Gasteiger partial charge >= 0.3 is 5.63 Å². The fourth-order valence-electron chi connectivity index (χ4n) is 1.13. The average Bonchev–Trinajstić information content (AvgIpc) is 2.17. The summed E-state index contributed by atoms with van der Waals surface area (Å²) in [7, 11) is 0. The van der Waals surface area contributed by atoms with Crippen molar-refractivity contribution in [2.24, 2.45) is 0 Å². The number of nitrogens with one attached hydrogen (secondary N) is 1. The Kier molecular flexibility index (Phi) is 1.73. The van der Waals surface area contributed by atoms with Gasteiger partial charge in [-0.25, -0.2) is 10.3 Å². The van der Waals surface area contributed by atoms with Crippen LogP contribution in [0.1, 0.15) is 0 Å². The monoisotopic (exact) mass is 179 g/mol. The molecule has 0 amide bonds. The minimum Gasteiger partial charge on any atom is -0.421 e. The van der Waals surface area contributed by atoms with Gasteiger partial charge in [-0.05, 0) is 12.1 Å². The van der Waals surface area contributed by atoms with Crippen LogP contribution in [-0.4, -0.2) is 0 Å². The van der Waals surface area contributed by atoms with Gasteiger partial charge in [0.05, 0.1) is 0 Å². The van der Waals surface area contributed by atoms with Crippen LogP contribution in [0.15, 0.2) is 39.5 Å². The van der Waals surface area contributed by atoms with Crippen LogP contribution in [0.2, 0.25) is 0 Å². The van der Waals surface area contributed by atoms with Crippen molar-refractivity contribution in [2.75, 3.05) is 5.54 Å². The van der Waals surface area contributed by atoms with Gasteiger partial charge in [-0.1, -0.05) is 18.2 Å². The second-order valence-corrected chi connectivity index (χ2v) is 2.58. The Morgan fingerprint density at radius 3 is 2.85 bits per heavy atom. The van der Waals surface area contributed by atoms with Crippen molar-refractivity contribution < 1.29 is 8.90 Å². The predicted octanol–water partition coefficient (Wildman–Crippen LogP) is 2.09. The molecule has 1 aromatic heterocycles. The quantitative estimate of drug-likeness (QED) is 0.538. The third-order valence-corrected chi connectivity index (χ3v) is 1.74. The smallest absolute Gasteiger partial charge is 0.362 e. The Balaban J connectivity index is 2.81. The van der Waals surface area contributed by atoms with Crippen molar-refractivity contribution in [1.82, 2.24) is 0 Å². The number of rotatable bonds is 1. The first-order valence-corrected chi connectivity index (χ1v) is 3.71. The fourth-order valence-corrected chi connectivity index (χ4v) is 1.13. The SMILES string of the molecule is O=c1oc2ccccc2cc1NF. The van der Waals surface area contributed by atoms with E-state index in [2.05, 4.69) is 0 Å². The fraction of sp³-hybridized carbons (Fsp3) is 0. The summed E-state index contributed by atoms with van der Waals surface area (Å²) in [6, 6.07) is 8.32. The van der Waals surface area contributed by atoms with Crippen LogP contribution in [0.4, 0.5) is 10.2 Å². The molecule has 0 radical (unpaired) electrons. The van der Waals surface area contributed by atoms with E-state index in [1.165, 1.54) is 11.6 Å². The first-order chi connectivity index (χ1) is 6.31. The zero-order chi connectivity index (χ0) is 9.26. The van der Waals surface area contributed by atoms with Crippen LogP contribution in [0.5, 0.6) is 0 Å². The summed E-state index contributed by atoms with van der Waals surface area (Å²) in [6.45, 7) is 0. The molecule has 0 unspecified atom stereocenters. The van der Waals surface area contributed by atoms with E-state index in [1.54, 1.807) is 24.3 Å². The van der Waals surface area contributed by atoms with Crippen molar-refractivity contribution in [3.8, 4) is 0 Å². The first-order valence-electron chi connectivity index (χ1n) is 3.71. The number of halogens is 1. The summed E-state index contributed by atoms with van der Waals surface area (Å²) in [4.78, 5) is 11.0. The zero-order valence-corrected chi connectivity index (χ0v) is 6.58. The van der Waals surface area contributed by atoms with Gasteiger partial charge in [-0.15, -0.1) is 4.48 Å². The highest BCUT2D eigenvalue weighted by Gasteiger charge is 2.02. The molecule has 0 aliphatic rings. The van der Waals surface area contributed by atoms with E-state index in [1.807, 2.05) is 0 Å². The van der Waals surface area contributed by atoms with Crippen molar-refractivity contribution >= 4 is 16.7 Å². The Morgan fingerprint density at radius 1 is 1.31 bits per heavy atom. The number of hydrogen-bond donors (Lipinski definition) is 1. The van der Waals surface area contributed by atoms with Gasteiger partial charge in [0.15, 0.2) is 5.69 Å². The van der Waals surface area contributed by atoms with Crippen LogP contribution >= 0.6 is 0 Å². The van der Waals surface area contributed by atoms with Crippen molar-refractivity contribution in [2.45, 2.75) is 0 Å². The molecule has 1 N–H and O–H groups in total. The third-order valence-electron chi connectivity index (χ3n) is 1.74.